The molecule has 1 atom stereocenters. The van der Waals surface area contributed by atoms with E-state index in [4.69, 9.17) is 4.74 Å². The van der Waals surface area contributed by atoms with Crippen LogP contribution < -0.4 is 4.90 Å². The summed E-state index contributed by atoms with van der Waals surface area (Å²) in [5, 5.41) is 0. The van der Waals surface area contributed by atoms with Crippen LogP contribution in [0.3, 0.4) is 0 Å². The number of ether oxygens (including phenoxy) is 1. The molecule has 0 saturated carbocycles. The number of nitrogens with one attached hydrogen (secondary N) is 1. The number of imidazole rings is 1. The van der Waals surface area contributed by atoms with Crippen LogP contribution in [-0.2, 0) is 9.53 Å². The van der Waals surface area contributed by atoms with Gasteiger partial charge in [0.2, 0.25) is 5.91 Å². The summed E-state index contributed by atoms with van der Waals surface area (Å²) in [5.41, 5.74) is 4.68. The molecule has 0 spiro atoms. The Labute approximate surface area is 139 Å². The molecule has 0 radical (unpaired) electrons. The van der Waals surface area contributed by atoms with Gasteiger partial charge in [0, 0.05) is 31.6 Å². The summed E-state index contributed by atoms with van der Waals surface area (Å²) in [6.07, 6.45) is 3.52. The van der Waals surface area contributed by atoms with Gasteiger partial charge in [-0.05, 0) is 36.8 Å². The normalized spacial score (nSPS) is 16.8. The first-order valence-electron chi connectivity index (χ1n) is 7.93. The van der Waals surface area contributed by atoms with Gasteiger partial charge in [-0.2, -0.15) is 0 Å². The summed E-state index contributed by atoms with van der Waals surface area (Å²) in [5.74, 6) is 0.748. The van der Waals surface area contributed by atoms with Crippen molar-refractivity contribution in [1.82, 2.24) is 15.0 Å². The van der Waals surface area contributed by atoms with Gasteiger partial charge in [0.25, 0.3) is 0 Å². The summed E-state index contributed by atoms with van der Waals surface area (Å²) < 4.78 is 5.13. The van der Waals surface area contributed by atoms with E-state index in [1.165, 1.54) is 0 Å². The van der Waals surface area contributed by atoms with E-state index in [9.17, 15) is 4.79 Å². The van der Waals surface area contributed by atoms with Crippen LogP contribution in [0.15, 0.2) is 36.7 Å². The zero-order valence-electron chi connectivity index (χ0n) is 13.6. The Kier molecular flexibility index (Phi) is 3.54. The maximum Gasteiger partial charge on any atom is 0.234 e. The number of hydrogen-bond acceptors (Lipinski definition) is 4. The standard InChI is InChI=1S/C18H18N4O2/c1-11-13-8-14-15(9-16(13)22(18(11)23)6-7-24-2)21-17(20-14)12-4-3-5-19-10-12/h3-5,8-11H,6-7H2,1-2H3,(H,20,21). The fraction of sp³-hybridized carbons (Fsp3) is 0.278. The lowest BCUT2D eigenvalue weighted by Gasteiger charge is -2.16. The van der Waals surface area contributed by atoms with Gasteiger partial charge in [-0.3, -0.25) is 9.78 Å². The molecule has 1 aromatic carbocycles. The van der Waals surface area contributed by atoms with Crippen molar-refractivity contribution in [3.8, 4) is 11.4 Å². The molecule has 1 N–H and O–H groups in total. The SMILES string of the molecule is COCCN1C(=O)C(C)c2cc3[nH]c(-c4cccnc4)nc3cc21. The minimum absolute atomic E-state index is 0.113. The van der Waals surface area contributed by atoms with E-state index in [2.05, 4.69) is 15.0 Å². The van der Waals surface area contributed by atoms with E-state index in [0.717, 1.165) is 33.7 Å². The number of rotatable bonds is 4. The summed E-state index contributed by atoms with van der Waals surface area (Å²) in [6.45, 7) is 3.01. The van der Waals surface area contributed by atoms with Crippen LogP contribution in [0.5, 0.6) is 0 Å². The van der Waals surface area contributed by atoms with Crippen LogP contribution in [-0.4, -0.2) is 41.1 Å². The zero-order chi connectivity index (χ0) is 16.7. The van der Waals surface area contributed by atoms with Crippen molar-refractivity contribution < 1.29 is 9.53 Å². The molecule has 4 rings (SSSR count). The van der Waals surface area contributed by atoms with Crippen LogP contribution in [0.4, 0.5) is 5.69 Å². The molecule has 6 nitrogen and oxygen atoms in total. The van der Waals surface area contributed by atoms with E-state index in [-0.39, 0.29) is 11.8 Å². The van der Waals surface area contributed by atoms with Gasteiger partial charge >= 0.3 is 0 Å². The number of anilines is 1. The molecule has 6 heteroatoms. The number of carbonyl (C=O) groups is 1. The lowest BCUT2D eigenvalue weighted by atomic mass is 10.0. The van der Waals surface area contributed by atoms with Crippen LogP contribution in [0.2, 0.25) is 0 Å². The lowest BCUT2D eigenvalue weighted by molar-refractivity contribution is -0.119. The summed E-state index contributed by atoms with van der Waals surface area (Å²) in [7, 11) is 1.64. The quantitative estimate of drug-likeness (QED) is 0.802. The Balaban J connectivity index is 1.80. The van der Waals surface area contributed by atoms with Gasteiger partial charge in [-0.1, -0.05) is 0 Å². The number of H-pyrrole nitrogens is 1. The first-order chi connectivity index (χ1) is 11.7. The van der Waals surface area contributed by atoms with Gasteiger partial charge in [0.15, 0.2) is 0 Å². The van der Waals surface area contributed by atoms with Gasteiger partial charge in [0.1, 0.15) is 5.82 Å². The number of aromatic amines is 1. The number of carbonyl (C=O) groups excluding carboxylic acids is 1. The second-order valence-electron chi connectivity index (χ2n) is 5.96. The first kappa shape index (κ1) is 14.8. The predicted octanol–water partition coefficient (Wildman–Crippen LogP) is 2.72. The Morgan fingerprint density at radius 1 is 1.38 bits per heavy atom. The fourth-order valence-corrected chi connectivity index (χ4v) is 3.18. The molecule has 1 aliphatic rings. The largest absolute Gasteiger partial charge is 0.383 e. The molecule has 1 amide bonds. The van der Waals surface area contributed by atoms with E-state index in [0.29, 0.717) is 13.2 Å². The molecule has 3 aromatic rings. The maximum atomic E-state index is 12.5. The number of fused-ring (bicyclic) bond motifs is 2. The van der Waals surface area contributed by atoms with Crippen molar-refractivity contribution in [2.75, 3.05) is 25.2 Å². The van der Waals surface area contributed by atoms with Crippen molar-refractivity contribution in [2.24, 2.45) is 0 Å². The summed E-state index contributed by atoms with van der Waals surface area (Å²) in [4.78, 5) is 26.4. The van der Waals surface area contributed by atoms with Gasteiger partial charge < -0.3 is 14.6 Å². The molecule has 0 fully saturated rings. The molecule has 24 heavy (non-hydrogen) atoms. The van der Waals surface area contributed by atoms with Gasteiger partial charge in [-0.15, -0.1) is 0 Å². The van der Waals surface area contributed by atoms with Crippen molar-refractivity contribution in [2.45, 2.75) is 12.8 Å². The van der Waals surface area contributed by atoms with Crippen molar-refractivity contribution in [1.29, 1.82) is 0 Å². The molecule has 122 valence electrons. The molecular weight excluding hydrogens is 304 g/mol. The molecule has 0 bridgehead atoms. The predicted molar refractivity (Wildman–Crippen MR) is 92.0 cm³/mol. The number of amides is 1. The second kappa shape index (κ2) is 5.72. The third kappa shape index (κ3) is 2.27. The Morgan fingerprint density at radius 2 is 2.25 bits per heavy atom. The van der Waals surface area contributed by atoms with E-state index in [1.807, 2.05) is 31.2 Å². The van der Waals surface area contributed by atoms with Crippen LogP contribution in [0, 0.1) is 0 Å². The van der Waals surface area contributed by atoms with Gasteiger partial charge in [-0.25, -0.2) is 4.98 Å². The van der Waals surface area contributed by atoms with Crippen LogP contribution in [0.1, 0.15) is 18.4 Å². The lowest BCUT2D eigenvalue weighted by Crippen LogP contribution is -2.31. The minimum Gasteiger partial charge on any atom is -0.383 e. The Morgan fingerprint density at radius 3 is 3.00 bits per heavy atom. The van der Waals surface area contributed by atoms with Crippen molar-refractivity contribution in [3.05, 3.63) is 42.2 Å². The minimum atomic E-state index is -0.147. The van der Waals surface area contributed by atoms with Crippen molar-refractivity contribution >= 4 is 22.6 Å². The number of benzene rings is 1. The maximum absolute atomic E-state index is 12.5. The van der Waals surface area contributed by atoms with E-state index in [1.54, 1.807) is 24.4 Å². The second-order valence-corrected chi connectivity index (χ2v) is 5.96. The molecule has 0 saturated heterocycles. The van der Waals surface area contributed by atoms with Gasteiger partial charge in [0.05, 0.1) is 29.2 Å². The molecule has 1 aliphatic heterocycles. The fourth-order valence-electron chi connectivity index (χ4n) is 3.18. The number of pyridine rings is 1. The topological polar surface area (TPSA) is 71.1 Å². The molecule has 3 heterocycles. The number of methoxy groups -OCH3 is 1. The molecule has 0 aliphatic carbocycles. The zero-order valence-corrected chi connectivity index (χ0v) is 13.6. The van der Waals surface area contributed by atoms with Crippen molar-refractivity contribution in [3.63, 3.8) is 0 Å². The van der Waals surface area contributed by atoms with E-state index < -0.39 is 0 Å². The molecule has 2 aromatic heterocycles. The average Bonchev–Trinajstić information content (AvgIpc) is 3.13. The summed E-state index contributed by atoms with van der Waals surface area (Å²) in [6, 6.07) is 7.87. The molecular formula is C18H18N4O2. The first-order valence-corrected chi connectivity index (χ1v) is 7.93. The smallest absolute Gasteiger partial charge is 0.234 e. The highest BCUT2D eigenvalue weighted by Crippen LogP contribution is 2.39. The highest BCUT2D eigenvalue weighted by atomic mass is 16.5. The highest BCUT2D eigenvalue weighted by Gasteiger charge is 2.34. The number of nitrogens with zero attached hydrogens (tertiary/aromatic N) is 3. The number of aromatic nitrogens is 3. The average molecular weight is 322 g/mol. The Hall–Kier alpha value is -2.73. The highest BCUT2D eigenvalue weighted by molar-refractivity contribution is 6.07. The number of hydrogen-bond donors (Lipinski definition) is 1. The van der Waals surface area contributed by atoms with E-state index >= 15 is 0 Å². The van der Waals surface area contributed by atoms with Crippen LogP contribution >= 0.6 is 0 Å². The molecule has 1 unspecified atom stereocenters. The summed E-state index contributed by atoms with van der Waals surface area (Å²) >= 11 is 0. The van der Waals surface area contributed by atoms with Crippen LogP contribution in [0.25, 0.3) is 22.4 Å². The monoisotopic (exact) mass is 322 g/mol. The third-order valence-corrected chi connectivity index (χ3v) is 4.48. The third-order valence-electron chi connectivity index (χ3n) is 4.48. The Bertz CT molecular complexity index is 904.